The third-order valence-electron chi connectivity index (χ3n) is 6.21. The van der Waals surface area contributed by atoms with Crippen molar-refractivity contribution >= 4 is 17.2 Å². The number of aliphatic hydroxyl groups excluding tert-OH is 1. The summed E-state index contributed by atoms with van der Waals surface area (Å²) in [6, 6.07) is 10.3. The Morgan fingerprint density at radius 1 is 1.25 bits per heavy atom. The van der Waals surface area contributed by atoms with Crippen molar-refractivity contribution in [3.05, 3.63) is 51.7 Å². The number of hydrogen-bond donors (Lipinski definition) is 1. The summed E-state index contributed by atoms with van der Waals surface area (Å²) in [5.74, 6) is 1.44. The van der Waals surface area contributed by atoms with Gasteiger partial charge in [0, 0.05) is 18.0 Å². The smallest absolute Gasteiger partial charge is 0.237 e. The van der Waals surface area contributed by atoms with Gasteiger partial charge in [0.25, 0.3) is 0 Å². The number of aliphatic hydroxyl groups is 1. The van der Waals surface area contributed by atoms with E-state index in [9.17, 15) is 9.90 Å². The molecular weight excluding hydrogens is 420 g/mol. The van der Waals surface area contributed by atoms with Gasteiger partial charge in [0.15, 0.2) is 0 Å². The van der Waals surface area contributed by atoms with Gasteiger partial charge in [-0.05, 0) is 66.4 Å². The Morgan fingerprint density at radius 2 is 2.00 bits per heavy atom. The lowest BCUT2D eigenvalue weighted by atomic mass is 10.00. The van der Waals surface area contributed by atoms with Crippen molar-refractivity contribution < 1.29 is 14.6 Å². The SMILES string of the molecule is CCCN(CC(=O)N1CCc2sccc2C1COc1ccc(C(C)C)cc1)CC(O)CC. The van der Waals surface area contributed by atoms with E-state index in [1.165, 1.54) is 16.0 Å². The van der Waals surface area contributed by atoms with E-state index in [2.05, 4.69) is 49.3 Å². The summed E-state index contributed by atoms with van der Waals surface area (Å²) in [4.78, 5) is 18.8. The van der Waals surface area contributed by atoms with Crippen molar-refractivity contribution in [3.63, 3.8) is 0 Å². The Morgan fingerprint density at radius 3 is 2.66 bits per heavy atom. The maximum absolute atomic E-state index is 13.4. The van der Waals surface area contributed by atoms with Gasteiger partial charge in [-0.25, -0.2) is 0 Å². The first kappa shape index (κ1) is 24.7. The zero-order valence-electron chi connectivity index (χ0n) is 19.9. The lowest BCUT2D eigenvalue weighted by molar-refractivity contribution is -0.136. The summed E-state index contributed by atoms with van der Waals surface area (Å²) >= 11 is 1.77. The lowest BCUT2D eigenvalue weighted by Crippen LogP contribution is -2.47. The number of thiophene rings is 1. The zero-order valence-corrected chi connectivity index (χ0v) is 20.7. The van der Waals surface area contributed by atoms with Crippen LogP contribution in [0.3, 0.4) is 0 Å². The highest BCUT2D eigenvalue weighted by Gasteiger charge is 2.33. The predicted molar refractivity (Wildman–Crippen MR) is 132 cm³/mol. The van der Waals surface area contributed by atoms with E-state index in [4.69, 9.17) is 4.74 Å². The number of ether oxygens (including phenoxy) is 1. The Balaban J connectivity index is 1.71. The molecule has 176 valence electrons. The summed E-state index contributed by atoms with van der Waals surface area (Å²) in [5.41, 5.74) is 2.50. The Hall–Kier alpha value is -1.89. The zero-order chi connectivity index (χ0) is 23.1. The highest BCUT2D eigenvalue weighted by Crippen LogP contribution is 2.34. The fourth-order valence-corrected chi connectivity index (χ4v) is 5.19. The number of benzene rings is 1. The predicted octanol–water partition coefficient (Wildman–Crippen LogP) is 4.86. The van der Waals surface area contributed by atoms with Crippen LogP contribution in [-0.4, -0.2) is 59.7 Å². The molecule has 3 rings (SSSR count). The number of rotatable bonds is 11. The minimum atomic E-state index is -0.396. The lowest BCUT2D eigenvalue weighted by Gasteiger charge is -2.37. The van der Waals surface area contributed by atoms with Crippen LogP contribution in [0.15, 0.2) is 35.7 Å². The van der Waals surface area contributed by atoms with Crippen LogP contribution in [0.1, 0.15) is 68.5 Å². The first-order valence-corrected chi connectivity index (χ1v) is 12.8. The van der Waals surface area contributed by atoms with E-state index in [-0.39, 0.29) is 11.9 Å². The molecule has 2 atom stereocenters. The quantitative estimate of drug-likeness (QED) is 0.523. The molecule has 2 aromatic rings. The Labute approximate surface area is 197 Å². The van der Waals surface area contributed by atoms with Gasteiger partial charge in [-0.15, -0.1) is 11.3 Å². The van der Waals surface area contributed by atoms with Crippen LogP contribution in [0.4, 0.5) is 0 Å². The third kappa shape index (κ3) is 6.33. The van der Waals surface area contributed by atoms with Crippen molar-refractivity contribution in [2.75, 3.05) is 32.8 Å². The van der Waals surface area contributed by atoms with Crippen LogP contribution in [0.2, 0.25) is 0 Å². The minimum Gasteiger partial charge on any atom is -0.491 e. The van der Waals surface area contributed by atoms with Gasteiger partial charge < -0.3 is 14.7 Å². The summed E-state index contributed by atoms with van der Waals surface area (Å²) in [5, 5.41) is 12.2. The molecule has 0 saturated carbocycles. The fourth-order valence-electron chi connectivity index (χ4n) is 4.26. The first-order valence-electron chi connectivity index (χ1n) is 11.9. The molecule has 0 aliphatic carbocycles. The summed E-state index contributed by atoms with van der Waals surface area (Å²) in [7, 11) is 0. The molecule has 1 aliphatic heterocycles. The molecule has 1 N–H and O–H groups in total. The summed E-state index contributed by atoms with van der Waals surface area (Å²) < 4.78 is 6.18. The van der Waals surface area contributed by atoms with Crippen LogP contribution in [0.25, 0.3) is 0 Å². The Bertz CT molecular complexity index is 849. The molecule has 0 radical (unpaired) electrons. The molecule has 0 spiro atoms. The Kier molecular flexibility index (Phi) is 9.14. The van der Waals surface area contributed by atoms with E-state index in [0.717, 1.165) is 25.1 Å². The van der Waals surface area contributed by atoms with Gasteiger partial charge in [-0.1, -0.05) is 39.8 Å². The molecule has 6 heteroatoms. The van der Waals surface area contributed by atoms with Gasteiger partial charge in [0.1, 0.15) is 12.4 Å². The molecule has 0 fully saturated rings. The maximum Gasteiger partial charge on any atom is 0.237 e. The molecule has 32 heavy (non-hydrogen) atoms. The molecule has 1 aliphatic rings. The van der Waals surface area contributed by atoms with Crippen molar-refractivity contribution in [1.29, 1.82) is 0 Å². The molecule has 0 saturated heterocycles. The van der Waals surface area contributed by atoms with Crippen molar-refractivity contribution in [2.45, 2.75) is 65.0 Å². The normalized spacial score (nSPS) is 17.0. The molecule has 0 bridgehead atoms. The minimum absolute atomic E-state index is 0.0816. The highest BCUT2D eigenvalue weighted by molar-refractivity contribution is 7.10. The largest absolute Gasteiger partial charge is 0.491 e. The monoisotopic (exact) mass is 458 g/mol. The third-order valence-corrected chi connectivity index (χ3v) is 7.21. The molecule has 1 aromatic carbocycles. The number of carbonyl (C=O) groups excluding carboxylic acids is 1. The number of hydrogen-bond acceptors (Lipinski definition) is 5. The van der Waals surface area contributed by atoms with Crippen molar-refractivity contribution in [1.82, 2.24) is 9.80 Å². The number of nitrogens with zero attached hydrogens (tertiary/aromatic N) is 2. The van der Waals surface area contributed by atoms with Crippen LogP contribution in [-0.2, 0) is 11.2 Å². The van der Waals surface area contributed by atoms with Crippen LogP contribution in [0, 0.1) is 0 Å². The average molecular weight is 459 g/mol. The van der Waals surface area contributed by atoms with Gasteiger partial charge in [0.05, 0.1) is 18.7 Å². The van der Waals surface area contributed by atoms with E-state index < -0.39 is 6.10 Å². The second-order valence-corrected chi connectivity index (χ2v) is 9.98. The van der Waals surface area contributed by atoms with Crippen molar-refractivity contribution in [3.8, 4) is 5.75 Å². The van der Waals surface area contributed by atoms with Gasteiger partial charge in [-0.2, -0.15) is 0 Å². The number of carbonyl (C=O) groups is 1. The van der Waals surface area contributed by atoms with Crippen LogP contribution in [0.5, 0.6) is 5.75 Å². The topological polar surface area (TPSA) is 53.0 Å². The van der Waals surface area contributed by atoms with E-state index in [1.54, 1.807) is 11.3 Å². The van der Waals surface area contributed by atoms with E-state index in [0.29, 0.717) is 38.6 Å². The maximum atomic E-state index is 13.4. The van der Waals surface area contributed by atoms with Crippen LogP contribution < -0.4 is 4.74 Å². The second-order valence-electron chi connectivity index (χ2n) is 8.98. The molecule has 2 unspecified atom stereocenters. The average Bonchev–Trinajstić information content (AvgIpc) is 3.26. The van der Waals surface area contributed by atoms with E-state index >= 15 is 0 Å². The highest BCUT2D eigenvalue weighted by atomic mass is 32.1. The number of fused-ring (bicyclic) bond motifs is 1. The standard InChI is InChI=1S/C26H38N2O3S/c1-5-13-27(16-21(29)6-2)17-26(30)28-14-11-25-23(12-15-32-25)24(28)18-31-22-9-7-20(8-10-22)19(3)4/h7-10,12,15,19,21,24,29H,5-6,11,13-14,16-18H2,1-4H3. The van der Waals surface area contributed by atoms with Gasteiger partial charge in [-0.3, -0.25) is 9.69 Å². The van der Waals surface area contributed by atoms with Crippen LogP contribution >= 0.6 is 11.3 Å². The van der Waals surface area contributed by atoms with E-state index in [1.807, 2.05) is 24.0 Å². The first-order chi connectivity index (χ1) is 15.4. The molecular formula is C26H38N2O3S. The molecule has 5 nitrogen and oxygen atoms in total. The van der Waals surface area contributed by atoms with Crippen molar-refractivity contribution in [2.24, 2.45) is 0 Å². The van der Waals surface area contributed by atoms with Gasteiger partial charge >= 0.3 is 0 Å². The van der Waals surface area contributed by atoms with Gasteiger partial charge in [0.2, 0.25) is 5.91 Å². The second kappa shape index (κ2) is 11.8. The molecule has 1 aromatic heterocycles. The fraction of sp³-hybridized carbons (Fsp3) is 0.577. The number of amides is 1. The molecule has 1 amide bonds. The summed E-state index contributed by atoms with van der Waals surface area (Å²) in [6.07, 6.45) is 2.15. The summed E-state index contributed by atoms with van der Waals surface area (Å²) in [6.45, 7) is 11.3. The molecule has 2 heterocycles.